The highest BCUT2D eigenvalue weighted by molar-refractivity contribution is 9.10. The smallest absolute Gasteiger partial charge is 0.137 e. The number of rotatable bonds is 2. The first-order valence-corrected chi connectivity index (χ1v) is 7.98. The molecular formula is C16H20BrClO. The SMILES string of the molecule is CC1CCC(C(C)(C)c2c(Cl)cccc2Br)C(=O)C1. The highest BCUT2D eigenvalue weighted by Gasteiger charge is 2.40. The van der Waals surface area contributed by atoms with Crippen molar-refractivity contribution in [1.82, 2.24) is 0 Å². The van der Waals surface area contributed by atoms with Crippen LogP contribution in [0.5, 0.6) is 0 Å². The van der Waals surface area contributed by atoms with Gasteiger partial charge in [0.15, 0.2) is 0 Å². The van der Waals surface area contributed by atoms with Crippen LogP contribution in [0.1, 0.15) is 45.6 Å². The molecule has 104 valence electrons. The summed E-state index contributed by atoms with van der Waals surface area (Å²) in [6.07, 6.45) is 2.79. The Morgan fingerprint density at radius 2 is 2.00 bits per heavy atom. The average Bonchev–Trinajstić information content (AvgIpc) is 2.27. The van der Waals surface area contributed by atoms with Crippen LogP contribution < -0.4 is 0 Å². The molecule has 1 aromatic carbocycles. The molecule has 0 amide bonds. The van der Waals surface area contributed by atoms with Crippen molar-refractivity contribution in [2.45, 2.75) is 45.4 Å². The third-order valence-electron chi connectivity index (χ3n) is 4.36. The van der Waals surface area contributed by atoms with E-state index >= 15 is 0 Å². The molecule has 0 saturated heterocycles. The van der Waals surface area contributed by atoms with Gasteiger partial charge in [-0.05, 0) is 36.5 Å². The fourth-order valence-corrected chi connectivity index (χ4v) is 4.66. The third kappa shape index (κ3) is 2.90. The van der Waals surface area contributed by atoms with Gasteiger partial charge >= 0.3 is 0 Å². The summed E-state index contributed by atoms with van der Waals surface area (Å²) in [5.74, 6) is 0.977. The normalized spacial score (nSPS) is 24.6. The van der Waals surface area contributed by atoms with Crippen molar-refractivity contribution in [3.05, 3.63) is 33.3 Å². The molecule has 1 saturated carbocycles. The van der Waals surface area contributed by atoms with E-state index in [2.05, 4.69) is 36.7 Å². The van der Waals surface area contributed by atoms with Gasteiger partial charge in [0, 0.05) is 27.2 Å². The third-order valence-corrected chi connectivity index (χ3v) is 5.34. The van der Waals surface area contributed by atoms with Gasteiger partial charge in [0.05, 0.1) is 0 Å². The molecule has 3 heteroatoms. The van der Waals surface area contributed by atoms with Gasteiger partial charge in [-0.3, -0.25) is 4.79 Å². The summed E-state index contributed by atoms with van der Waals surface area (Å²) < 4.78 is 0.997. The van der Waals surface area contributed by atoms with Crippen LogP contribution in [-0.2, 0) is 10.2 Å². The Morgan fingerprint density at radius 3 is 2.58 bits per heavy atom. The van der Waals surface area contributed by atoms with Gasteiger partial charge in [0.25, 0.3) is 0 Å². The Kier molecular flexibility index (Phi) is 4.42. The summed E-state index contributed by atoms with van der Waals surface area (Å²) in [5, 5.41) is 0.741. The van der Waals surface area contributed by atoms with Gasteiger partial charge in [-0.2, -0.15) is 0 Å². The van der Waals surface area contributed by atoms with Gasteiger partial charge in [-0.25, -0.2) is 0 Å². The van der Waals surface area contributed by atoms with Crippen LogP contribution in [0, 0.1) is 11.8 Å². The number of hydrogen-bond acceptors (Lipinski definition) is 1. The summed E-state index contributed by atoms with van der Waals surface area (Å²) in [6.45, 7) is 6.43. The van der Waals surface area contributed by atoms with Gasteiger partial charge in [0.2, 0.25) is 0 Å². The molecule has 19 heavy (non-hydrogen) atoms. The lowest BCUT2D eigenvalue weighted by atomic mass is 9.65. The predicted molar refractivity (Wildman–Crippen MR) is 83.7 cm³/mol. The molecule has 0 N–H and O–H groups in total. The van der Waals surface area contributed by atoms with Crippen LogP contribution in [0.15, 0.2) is 22.7 Å². The number of carbonyl (C=O) groups excluding carboxylic acids is 1. The Balaban J connectivity index is 2.39. The minimum Gasteiger partial charge on any atom is -0.299 e. The largest absolute Gasteiger partial charge is 0.299 e. The summed E-state index contributed by atoms with van der Waals surface area (Å²) in [4.78, 5) is 12.4. The topological polar surface area (TPSA) is 17.1 Å². The average molecular weight is 344 g/mol. The van der Waals surface area contributed by atoms with Crippen molar-refractivity contribution in [1.29, 1.82) is 0 Å². The Morgan fingerprint density at radius 1 is 1.32 bits per heavy atom. The molecule has 2 atom stereocenters. The fourth-order valence-electron chi connectivity index (χ4n) is 3.25. The van der Waals surface area contributed by atoms with E-state index in [4.69, 9.17) is 11.6 Å². The van der Waals surface area contributed by atoms with Crippen molar-refractivity contribution in [2.75, 3.05) is 0 Å². The van der Waals surface area contributed by atoms with Crippen LogP contribution >= 0.6 is 27.5 Å². The molecule has 0 aliphatic heterocycles. The maximum Gasteiger partial charge on any atom is 0.137 e. The molecular weight excluding hydrogens is 324 g/mol. The van der Waals surface area contributed by atoms with E-state index in [1.54, 1.807) is 0 Å². The van der Waals surface area contributed by atoms with Crippen molar-refractivity contribution >= 4 is 33.3 Å². The molecule has 1 fully saturated rings. The molecule has 0 aromatic heterocycles. The van der Waals surface area contributed by atoms with Crippen molar-refractivity contribution in [2.24, 2.45) is 11.8 Å². The summed E-state index contributed by atoms with van der Waals surface area (Å²) in [6, 6.07) is 5.83. The molecule has 0 bridgehead atoms. The van der Waals surface area contributed by atoms with Crippen LogP contribution in [0.4, 0.5) is 0 Å². The second kappa shape index (κ2) is 5.57. The molecule has 2 rings (SSSR count). The number of carbonyl (C=O) groups is 1. The molecule has 1 aliphatic carbocycles. The molecule has 1 nitrogen and oxygen atoms in total. The quantitative estimate of drug-likeness (QED) is 0.704. The zero-order valence-electron chi connectivity index (χ0n) is 11.7. The highest BCUT2D eigenvalue weighted by Crippen LogP contribution is 2.45. The van der Waals surface area contributed by atoms with E-state index in [0.29, 0.717) is 18.1 Å². The maximum atomic E-state index is 12.4. The Labute approximate surface area is 128 Å². The van der Waals surface area contributed by atoms with E-state index in [-0.39, 0.29) is 11.3 Å². The monoisotopic (exact) mass is 342 g/mol. The lowest BCUT2D eigenvalue weighted by molar-refractivity contribution is -0.128. The zero-order chi connectivity index (χ0) is 14.2. The summed E-state index contributed by atoms with van der Waals surface area (Å²) in [7, 11) is 0. The molecule has 2 unspecified atom stereocenters. The number of halogens is 2. The van der Waals surface area contributed by atoms with Crippen LogP contribution in [0.2, 0.25) is 5.02 Å². The second-order valence-corrected chi connectivity index (χ2v) is 7.49. The van der Waals surface area contributed by atoms with E-state index < -0.39 is 0 Å². The van der Waals surface area contributed by atoms with Crippen molar-refractivity contribution in [3.8, 4) is 0 Å². The first-order chi connectivity index (χ1) is 8.84. The van der Waals surface area contributed by atoms with E-state index in [0.717, 1.165) is 27.9 Å². The first-order valence-electron chi connectivity index (χ1n) is 6.81. The van der Waals surface area contributed by atoms with Crippen LogP contribution in [-0.4, -0.2) is 5.78 Å². The van der Waals surface area contributed by atoms with E-state index in [9.17, 15) is 4.79 Å². The summed E-state index contributed by atoms with van der Waals surface area (Å²) in [5.41, 5.74) is 0.832. The molecule has 0 spiro atoms. The highest BCUT2D eigenvalue weighted by atomic mass is 79.9. The minimum atomic E-state index is -0.228. The molecule has 1 aliphatic rings. The lowest BCUT2D eigenvalue weighted by Crippen LogP contribution is -2.38. The first kappa shape index (κ1) is 15.1. The lowest BCUT2D eigenvalue weighted by Gasteiger charge is -2.38. The van der Waals surface area contributed by atoms with Gasteiger partial charge < -0.3 is 0 Å². The van der Waals surface area contributed by atoms with Gasteiger partial charge in [0.1, 0.15) is 5.78 Å². The maximum absolute atomic E-state index is 12.4. The second-order valence-electron chi connectivity index (χ2n) is 6.22. The zero-order valence-corrected chi connectivity index (χ0v) is 14.0. The van der Waals surface area contributed by atoms with Crippen LogP contribution in [0.3, 0.4) is 0 Å². The number of Topliss-reactive ketones (excluding diaryl/α,β-unsaturated/α-hetero) is 1. The van der Waals surface area contributed by atoms with Gasteiger partial charge in [-0.1, -0.05) is 54.4 Å². The number of hydrogen-bond donors (Lipinski definition) is 0. The van der Waals surface area contributed by atoms with Crippen LogP contribution in [0.25, 0.3) is 0 Å². The number of benzene rings is 1. The summed E-state index contributed by atoms with van der Waals surface area (Å²) >= 11 is 9.95. The molecule has 0 heterocycles. The molecule has 1 aromatic rings. The predicted octanol–water partition coefficient (Wildman–Crippen LogP) is 5.39. The Hall–Kier alpha value is -0.340. The Bertz CT molecular complexity index is 475. The fraction of sp³-hybridized carbons (Fsp3) is 0.562. The minimum absolute atomic E-state index is 0.0694. The van der Waals surface area contributed by atoms with Crippen molar-refractivity contribution < 1.29 is 4.79 Å². The number of ketones is 1. The van der Waals surface area contributed by atoms with E-state index in [1.165, 1.54) is 0 Å². The van der Waals surface area contributed by atoms with E-state index in [1.807, 2.05) is 18.2 Å². The van der Waals surface area contributed by atoms with Crippen molar-refractivity contribution in [3.63, 3.8) is 0 Å². The van der Waals surface area contributed by atoms with Gasteiger partial charge in [-0.15, -0.1) is 0 Å². The molecule has 0 radical (unpaired) electrons. The standard InChI is InChI=1S/C16H20BrClO/c1-10-7-8-11(14(19)9-10)16(2,3)15-12(17)5-4-6-13(15)18/h4-6,10-11H,7-9H2,1-3H3.